The highest BCUT2D eigenvalue weighted by atomic mass is 32.2. The molecule has 0 spiro atoms. The zero-order chi connectivity index (χ0) is 20.4. The molecule has 4 rings (SSSR count). The first-order valence-corrected chi connectivity index (χ1v) is 12.5. The summed E-state index contributed by atoms with van der Waals surface area (Å²) in [5.41, 5.74) is 0.619. The molecule has 1 amide bonds. The SMILES string of the molecule is Cc1nc(-c2csc(S(=O)(=O)N3CCCC(C(=O)NC4CCCCC4)C3)c2)no1. The Morgan fingerprint density at radius 2 is 2.03 bits per heavy atom. The molecule has 2 fully saturated rings. The molecule has 2 aromatic rings. The molecule has 10 heteroatoms. The Morgan fingerprint density at radius 1 is 1.24 bits per heavy atom. The fraction of sp³-hybridized carbons (Fsp3) is 0.632. The van der Waals surface area contributed by atoms with E-state index in [2.05, 4.69) is 15.5 Å². The molecule has 2 aromatic heterocycles. The molecular weight excluding hydrogens is 412 g/mol. The second-order valence-corrected chi connectivity index (χ2v) is 10.9. The maximum absolute atomic E-state index is 13.1. The minimum atomic E-state index is -3.66. The minimum absolute atomic E-state index is 0.00839. The summed E-state index contributed by atoms with van der Waals surface area (Å²) in [4.78, 5) is 16.9. The number of hydrogen-bond acceptors (Lipinski definition) is 7. The van der Waals surface area contributed by atoms with E-state index >= 15 is 0 Å². The van der Waals surface area contributed by atoms with Crippen LogP contribution in [0.2, 0.25) is 0 Å². The van der Waals surface area contributed by atoms with Gasteiger partial charge in [-0.15, -0.1) is 11.3 Å². The van der Waals surface area contributed by atoms with Crippen LogP contribution >= 0.6 is 11.3 Å². The zero-order valence-electron chi connectivity index (χ0n) is 16.5. The van der Waals surface area contributed by atoms with Crippen molar-refractivity contribution < 1.29 is 17.7 Å². The molecule has 0 aromatic carbocycles. The predicted molar refractivity (Wildman–Crippen MR) is 109 cm³/mol. The molecule has 158 valence electrons. The second-order valence-electron chi connectivity index (χ2n) is 7.84. The molecular formula is C19H26N4O4S2. The van der Waals surface area contributed by atoms with Crippen molar-refractivity contribution in [3.63, 3.8) is 0 Å². The molecule has 2 aliphatic rings. The van der Waals surface area contributed by atoms with E-state index in [1.807, 2.05) is 0 Å². The monoisotopic (exact) mass is 438 g/mol. The van der Waals surface area contributed by atoms with Crippen molar-refractivity contribution in [2.75, 3.05) is 13.1 Å². The fourth-order valence-electron chi connectivity index (χ4n) is 4.05. The lowest BCUT2D eigenvalue weighted by atomic mass is 9.93. The number of carbonyl (C=O) groups is 1. The Bertz CT molecular complexity index is 963. The van der Waals surface area contributed by atoms with Gasteiger partial charge in [-0.2, -0.15) is 9.29 Å². The van der Waals surface area contributed by atoms with Gasteiger partial charge in [0.25, 0.3) is 10.0 Å². The van der Waals surface area contributed by atoms with Crippen LogP contribution in [0, 0.1) is 12.8 Å². The van der Waals surface area contributed by atoms with Crippen LogP contribution in [-0.4, -0.2) is 47.9 Å². The normalized spacial score (nSPS) is 21.9. The number of amides is 1. The number of rotatable bonds is 5. The Labute approximate surface area is 174 Å². The molecule has 1 unspecified atom stereocenters. The van der Waals surface area contributed by atoms with Gasteiger partial charge < -0.3 is 9.84 Å². The lowest BCUT2D eigenvalue weighted by Gasteiger charge is -2.32. The topological polar surface area (TPSA) is 105 Å². The van der Waals surface area contributed by atoms with Crippen molar-refractivity contribution >= 4 is 27.3 Å². The average molecular weight is 439 g/mol. The van der Waals surface area contributed by atoms with Gasteiger partial charge in [-0.3, -0.25) is 4.79 Å². The Kier molecular flexibility index (Phi) is 6.03. The van der Waals surface area contributed by atoms with Crippen LogP contribution in [-0.2, 0) is 14.8 Å². The van der Waals surface area contributed by atoms with Gasteiger partial charge in [0.05, 0.1) is 5.92 Å². The zero-order valence-corrected chi connectivity index (χ0v) is 18.1. The largest absolute Gasteiger partial charge is 0.353 e. The first-order valence-electron chi connectivity index (χ1n) is 10.1. The highest BCUT2D eigenvalue weighted by Gasteiger charge is 2.35. The number of nitrogens with one attached hydrogen (secondary N) is 1. The van der Waals surface area contributed by atoms with E-state index < -0.39 is 10.0 Å². The Balaban J connectivity index is 1.44. The standard InChI is InChI=1S/C19H26N4O4S2/c1-13-20-18(22-27-13)15-10-17(28-12-15)29(25,26)23-9-5-6-14(11-23)19(24)21-16-7-3-2-4-8-16/h10,12,14,16H,2-9,11H2,1H3,(H,21,24). The maximum Gasteiger partial charge on any atom is 0.252 e. The van der Waals surface area contributed by atoms with Gasteiger partial charge in [-0.25, -0.2) is 8.42 Å². The maximum atomic E-state index is 13.1. The molecule has 1 aliphatic carbocycles. The summed E-state index contributed by atoms with van der Waals surface area (Å²) in [6.07, 6.45) is 6.98. The van der Waals surface area contributed by atoms with Crippen molar-refractivity contribution in [3.05, 3.63) is 17.3 Å². The van der Waals surface area contributed by atoms with Gasteiger partial charge >= 0.3 is 0 Å². The van der Waals surface area contributed by atoms with Crippen LogP contribution in [0.15, 0.2) is 20.2 Å². The number of aryl methyl sites for hydroxylation is 1. The van der Waals surface area contributed by atoms with Crippen molar-refractivity contribution in [3.8, 4) is 11.4 Å². The predicted octanol–water partition coefficient (Wildman–Crippen LogP) is 2.96. The van der Waals surface area contributed by atoms with Crippen molar-refractivity contribution in [2.24, 2.45) is 5.92 Å². The van der Waals surface area contributed by atoms with Crippen LogP contribution in [0.5, 0.6) is 0 Å². The first-order chi connectivity index (χ1) is 13.9. The van der Waals surface area contributed by atoms with E-state index in [1.54, 1.807) is 18.4 Å². The summed E-state index contributed by atoms with van der Waals surface area (Å²) in [6.45, 7) is 2.35. The second kappa shape index (κ2) is 8.53. The van der Waals surface area contributed by atoms with Crippen molar-refractivity contribution in [1.29, 1.82) is 0 Å². The van der Waals surface area contributed by atoms with E-state index in [9.17, 15) is 13.2 Å². The summed E-state index contributed by atoms with van der Waals surface area (Å²) in [7, 11) is -3.66. The van der Waals surface area contributed by atoms with E-state index in [1.165, 1.54) is 10.7 Å². The van der Waals surface area contributed by atoms with Gasteiger partial charge in [0.1, 0.15) is 4.21 Å². The molecule has 1 N–H and O–H groups in total. The van der Waals surface area contributed by atoms with Crippen LogP contribution in [0.3, 0.4) is 0 Å². The average Bonchev–Trinajstić information content (AvgIpc) is 3.38. The van der Waals surface area contributed by atoms with E-state index in [0.29, 0.717) is 30.2 Å². The van der Waals surface area contributed by atoms with E-state index in [-0.39, 0.29) is 28.6 Å². The Hall–Kier alpha value is -1.78. The number of thiophene rings is 1. The van der Waals surface area contributed by atoms with Crippen molar-refractivity contribution in [1.82, 2.24) is 19.8 Å². The molecule has 1 saturated carbocycles. The summed E-state index contributed by atoms with van der Waals surface area (Å²) in [5.74, 6) is 0.507. The summed E-state index contributed by atoms with van der Waals surface area (Å²) < 4.78 is 32.9. The summed E-state index contributed by atoms with van der Waals surface area (Å²) >= 11 is 1.14. The molecule has 1 aliphatic heterocycles. The molecule has 3 heterocycles. The van der Waals surface area contributed by atoms with Crippen LogP contribution in [0.4, 0.5) is 0 Å². The third-order valence-electron chi connectivity index (χ3n) is 5.66. The summed E-state index contributed by atoms with van der Waals surface area (Å²) in [6, 6.07) is 1.82. The smallest absolute Gasteiger partial charge is 0.252 e. The minimum Gasteiger partial charge on any atom is -0.353 e. The third kappa shape index (κ3) is 4.54. The number of sulfonamides is 1. The van der Waals surface area contributed by atoms with Crippen LogP contribution in [0.25, 0.3) is 11.4 Å². The van der Waals surface area contributed by atoms with Gasteiger partial charge in [0, 0.05) is 37.0 Å². The molecule has 0 bridgehead atoms. The number of piperidine rings is 1. The molecule has 1 saturated heterocycles. The van der Waals surface area contributed by atoms with E-state index in [4.69, 9.17) is 4.52 Å². The number of hydrogen-bond donors (Lipinski definition) is 1. The number of nitrogens with zero attached hydrogens (tertiary/aromatic N) is 3. The van der Waals surface area contributed by atoms with Gasteiger partial charge in [0.15, 0.2) is 0 Å². The number of aromatic nitrogens is 2. The van der Waals surface area contributed by atoms with Crippen molar-refractivity contribution in [2.45, 2.75) is 62.1 Å². The molecule has 29 heavy (non-hydrogen) atoms. The third-order valence-corrected chi connectivity index (χ3v) is 8.94. The van der Waals surface area contributed by atoms with E-state index in [0.717, 1.165) is 43.4 Å². The molecule has 8 nitrogen and oxygen atoms in total. The molecule has 0 radical (unpaired) electrons. The van der Waals surface area contributed by atoms with Crippen LogP contribution < -0.4 is 5.32 Å². The quantitative estimate of drug-likeness (QED) is 0.769. The highest BCUT2D eigenvalue weighted by Crippen LogP contribution is 2.31. The fourth-order valence-corrected chi connectivity index (χ4v) is 6.89. The lowest BCUT2D eigenvalue weighted by molar-refractivity contribution is -0.127. The first kappa shape index (κ1) is 20.5. The van der Waals surface area contributed by atoms with Gasteiger partial charge in [0.2, 0.25) is 17.6 Å². The van der Waals surface area contributed by atoms with Gasteiger partial charge in [-0.1, -0.05) is 24.4 Å². The van der Waals surface area contributed by atoms with Crippen LogP contribution in [0.1, 0.15) is 50.8 Å². The van der Waals surface area contributed by atoms with Gasteiger partial charge in [-0.05, 0) is 31.7 Å². The number of carbonyl (C=O) groups excluding carboxylic acids is 1. The highest BCUT2D eigenvalue weighted by molar-refractivity contribution is 7.91. The molecule has 1 atom stereocenters. The Morgan fingerprint density at radius 3 is 2.76 bits per heavy atom. The lowest BCUT2D eigenvalue weighted by Crippen LogP contribution is -2.47. The summed E-state index contributed by atoms with van der Waals surface area (Å²) in [5, 5.41) is 8.70.